The molecule has 1 N–H and O–H groups in total. The number of carbonyl (C=O) groups is 1. The van der Waals surface area contributed by atoms with Gasteiger partial charge in [0.15, 0.2) is 0 Å². The quantitative estimate of drug-likeness (QED) is 0.894. The van der Waals surface area contributed by atoms with Gasteiger partial charge in [0.25, 0.3) is 0 Å². The molecule has 0 saturated heterocycles. The lowest BCUT2D eigenvalue weighted by Gasteiger charge is -2.26. The average molecular weight is 274 g/mol. The monoisotopic (exact) mass is 273 g/mol. The second-order valence-corrected chi connectivity index (χ2v) is 4.69. The first-order valence-corrected chi connectivity index (χ1v) is 6.18. The molecule has 1 amide bonds. The van der Waals surface area contributed by atoms with Crippen molar-refractivity contribution in [3.8, 4) is 0 Å². The highest BCUT2D eigenvalue weighted by Gasteiger charge is 2.19. The third kappa shape index (κ3) is 3.68. The third-order valence-electron chi connectivity index (χ3n) is 2.67. The normalized spacial score (nSPS) is 10.8. The fraction of sp³-hybridized carbons (Fsp3) is 0.462. The van der Waals surface area contributed by atoms with Gasteiger partial charge in [0.2, 0.25) is 5.91 Å². The number of aliphatic hydroxyl groups is 1. The Morgan fingerprint density at radius 2 is 2.17 bits per heavy atom. The smallest absolute Gasteiger partial charge is 0.227 e. The zero-order valence-electron chi connectivity index (χ0n) is 10.5. The lowest BCUT2D eigenvalue weighted by Crippen LogP contribution is -2.40. The summed E-state index contributed by atoms with van der Waals surface area (Å²) in [7, 11) is 0. The van der Waals surface area contributed by atoms with Gasteiger partial charge in [-0.1, -0.05) is 17.7 Å². The van der Waals surface area contributed by atoms with Crippen LogP contribution in [0, 0.1) is 5.82 Å². The molecule has 0 unspecified atom stereocenters. The number of carbonyl (C=O) groups excluding carboxylic acids is 1. The van der Waals surface area contributed by atoms with E-state index in [2.05, 4.69) is 0 Å². The van der Waals surface area contributed by atoms with Crippen LogP contribution in [0.1, 0.15) is 19.4 Å². The van der Waals surface area contributed by atoms with E-state index in [0.717, 1.165) is 0 Å². The van der Waals surface area contributed by atoms with Crippen LogP contribution in [0.4, 0.5) is 4.39 Å². The molecule has 1 aromatic carbocycles. The maximum absolute atomic E-state index is 13.6. The van der Waals surface area contributed by atoms with Gasteiger partial charge in [0.05, 0.1) is 13.0 Å². The highest BCUT2D eigenvalue weighted by atomic mass is 35.5. The summed E-state index contributed by atoms with van der Waals surface area (Å²) in [6.45, 7) is 3.81. The van der Waals surface area contributed by atoms with Crippen molar-refractivity contribution in [2.24, 2.45) is 0 Å². The molecule has 100 valence electrons. The predicted molar refractivity (Wildman–Crippen MR) is 69.0 cm³/mol. The number of nitrogens with zero attached hydrogens (tertiary/aromatic N) is 1. The molecule has 0 fully saturated rings. The molecule has 1 rings (SSSR count). The molecule has 0 radical (unpaired) electrons. The van der Waals surface area contributed by atoms with Gasteiger partial charge in [-0.05, 0) is 26.0 Å². The summed E-state index contributed by atoms with van der Waals surface area (Å²) in [5.41, 5.74) is 0.202. The number of halogens is 2. The third-order valence-corrected chi connectivity index (χ3v) is 3.03. The highest BCUT2D eigenvalue weighted by molar-refractivity contribution is 6.31. The summed E-state index contributed by atoms with van der Waals surface area (Å²) in [5, 5.41) is 9.16. The average Bonchev–Trinajstić information content (AvgIpc) is 2.30. The Morgan fingerprint density at radius 1 is 1.50 bits per heavy atom. The van der Waals surface area contributed by atoms with Crippen LogP contribution in [0.25, 0.3) is 0 Å². The van der Waals surface area contributed by atoms with Crippen molar-refractivity contribution < 1.29 is 14.3 Å². The summed E-state index contributed by atoms with van der Waals surface area (Å²) in [5.74, 6) is -0.727. The molecule has 0 bridgehead atoms. The van der Waals surface area contributed by atoms with Gasteiger partial charge in [-0.3, -0.25) is 4.79 Å². The summed E-state index contributed by atoms with van der Waals surface area (Å²) in [4.78, 5) is 13.5. The van der Waals surface area contributed by atoms with E-state index in [4.69, 9.17) is 16.7 Å². The minimum atomic E-state index is -0.483. The van der Waals surface area contributed by atoms with Gasteiger partial charge in [-0.25, -0.2) is 4.39 Å². The number of rotatable bonds is 5. The predicted octanol–water partition coefficient (Wildman–Crippen LogP) is 2.25. The molecule has 0 atom stereocenters. The minimum absolute atomic E-state index is 0.0461. The lowest BCUT2D eigenvalue weighted by atomic mass is 10.1. The molecule has 0 aliphatic heterocycles. The van der Waals surface area contributed by atoms with Gasteiger partial charge in [-0.2, -0.15) is 0 Å². The lowest BCUT2D eigenvalue weighted by molar-refractivity contribution is -0.132. The molecule has 0 spiro atoms. The summed E-state index contributed by atoms with van der Waals surface area (Å²) in [6.07, 6.45) is -0.0936. The zero-order valence-corrected chi connectivity index (χ0v) is 11.2. The maximum Gasteiger partial charge on any atom is 0.227 e. The number of benzene rings is 1. The SMILES string of the molecule is CC(C)N(CCO)C(=O)Cc1c(F)cccc1Cl. The summed E-state index contributed by atoms with van der Waals surface area (Å²) in [6, 6.07) is 4.29. The Kier molecular flexibility index (Phi) is 5.56. The second-order valence-electron chi connectivity index (χ2n) is 4.28. The van der Waals surface area contributed by atoms with Gasteiger partial charge < -0.3 is 10.0 Å². The van der Waals surface area contributed by atoms with Crippen molar-refractivity contribution in [2.45, 2.75) is 26.3 Å². The zero-order chi connectivity index (χ0) is 13.7. The van der Waals surface area contributed by atoms with Crippen molar-refractivity contribution in [1.82, 2.24) is 4.90 Å². The number of aliphatic hydroxyl groups excluding tert-OH is 1. The first-order valence-electron chi connectivity index (χ1n) is 5.80. The molecule has 0 aromatic heterocycles. The molecule has 0 aliphatic rings. The highest BCUT2D eigenvalue weighted by Crippen LogP contribution is 2.20. The van der Waals surface area contributed by atoms with E-state index < -0.39 is 5.82 Å². The van der Waals surface area contributed by atoms with E-state index in [-0.39, 0.29) is 42.1 Å². The molecule has 1 aromatic rings. The number of hydrogen-bond donors (Lipinski definition) is 1. The van der Waals surface area contributed by atoms with Crippen LogP contribution in [0.3, 0.4) is 0 Å². The topological polar surface area (TPSA) is 40.5 Å². The molecule has 18 heavy (non-hydrogen) atoms. The Labute approximate surface area is 111 Å². The van der Waals surface area contributed by atoms with Crippen LogP contribution >= 0.6 is 11.6 Å². The van der Waals surface area contributed by atoms with E-state index in [9.17, 15) is 9.18 Å². The Balaban J connectivity index is 2.86. The number of amides is 1. The molecule has 0 saturated carbocycles. The molecule has 0 aliphatic carbocycles. The largest absolute Gasteiger partial charge is 0.395 e. The number of hydrogen-bond acceptors (Lipinski definition) is 2. The van der Waals surface area contributed by atoms with Crippen molar-refractivity contribution in [2.75, 3.05) is 13.2 Å². The van der Waals surface area contributed by atoms with Crippen LogP contribution in [-0.2, 0) is 11.2 Å². The van der Waals surface area contributed by atoms with Gasteiger partial charge in [-0.15, -0.1) is 0 Å². The fourth-order valence-electron chi connectivity index (χ4n) is 1.73. The van der Waals surface area contributed by atoms with Gasteiger partial charge in [0, 0.05) is 23.2 Å². The molecule has 0 heterocycles. The standard InChI is InChI=1S/C13H17ClFNO2/c1-9(2)16(6-7-17)13(18)8-10-11(14)4-3-5-12(10)15/h3-5,9,17H,6-8H2,1-2H3. The van der Waals surface area contributed by atoms with Crippen molar-refractivity contribution in [1.29, 1.82) is 0 Å². The maximum atomic E-state index is 13.6. The van der Waals surface area contributed by atoms with Crippen molar-refractivity contribution in [3.63, 3.8) is 0 Å². The Bertz CT molecular complexity index is 403. The van der Waals surface area contributed by atoms with Crippen LogP contribution in [0.5, 0.6) is 0 Å². The van der Waals surface area contributed by atoms with Gasteiger partial charge >= 0.3 is 0 Å². The minimum Gasteiger partial charge on any atom is -0.395 e. The van der Waals surface area contributed by atoms with Crippen molar-refractivity contribution in [3.05, 3.63) is 34.6 Å². The first-order chi connectivity index (χ1) is 8.47. The van der Waals surface area contributed by atoms with Crippen molar-refractivity contribution >= 4 is 17.5 Å². The van der Waals surface area contributed by atoms with Crippen LogP contribution in [0.15, 0.2) is 18.2 Å². The fourth-order valence-corrected chi connectivity index (χ4v) is 1.96. The van der Waals surface area contributed by atoms with Crippen LogP contribution < -0.4 is 0 Å². The van der Waals surface area contributed by atoms with E-state index in [0.29, 0.717) is 0 Å². The second kappa shape index (κ2) is 6.71. The molecular weight excluding hydrogens is 257 g/mol. The van der Waals surface area contributed by atoms with E-state index in [1.54, 1.807) is 6.07 Å². The van der Waals surface area contributed by atoms with Crippen LogP contribution in [0.2, 0.25) is 5.02 Å². The first kappa shape index (κ1) is 14.9. The Morgan fingerprint density at radius 3 is 2.67 bits per heavy atom. The Hall–Kier alpha value is -1.13. The van der Waals surface area contributed by atoms with E-state index >= 15 is 0 Å². The molecule has 5 heteroatoms. The van der Waals surface area contributed by atoms with E-state index in [1.807, 2.05) is 13.8 Å². The molecular formula is C13H17ClFNO2. The van der Waals surface area contributed by atoms with Gasteiger partial charge in [0.1, 0.15) is 5.82 Å². The summed E-state index contributed by atoms with van der Waals surface area (Å²) >= 11 is 5.87. The van der Waals surface area contributed by atoms with E-state index in [1.165, 1.54) is 17.0 Å². The van der Waals surface area contributed by atoms with Crippen LogP contribution in [-0.4, -0.2) is 35.1 Å². The molecule has 3 nitrogen and oxygen atoms in total. The summed E-state index contributed by atoms with van der Waals surface area (Å²) < 4.78 is 13.6.